The smallest absolute Gasteiger partial charge is 0.324 e. The van der Waals surface area contributed by atoms with Gasteiger partial charge >= 0.3 is 21.1 Å². The number of carbonyl (C=O) groups excluding carboxylic acids is 2. The zero-order chi connectivity index (χ0) is 16.4. The summed E-state index contributed by atoms with van der Waals surface area (Å²) in [6, 6.07) is 0. The minimum atomic E-state index is -4.95. The second kappa shape index (κ2) is 7.15. The lowest BCUT2D eigenvalue weighted by atomic mass is 9.86. The van der Waals surface area contributed by atoms with Gasteiger partial charge in [0.05, 0.1) is 0 Å². The van der Waals surface area contributed by atoms with Gasteiger partial charge in [-0.05, 0) is 31.6 Å². The van der Waals surface area contributed by atoms with Crippen LogP contribution in [-0.4, -0.2) is 46.0 Å². The summed E-state index contributed by atoms with van der Waals surface area (Å²) < 4.78 is 11.5. The Kier molecular flexibility index (Phi) is 6.54. The van der Waals surface area contributed by atoms with E-state index in [0.717, 1.165) is 11.8 Å². The first-order valence-electron chi connectivity index (χ1n) is 6.27. The second-order valence-corrected chi connectivity index (χ2v) is 9.88. The first-order valence-corrected chi connectivity index (χ1v) is 10.5. The van der Waals surface area contributed by atoms with Gasteiger partial charge in [-0.1, -0.05) is 11.8 Å². The molecule has 21 heavy (non-hydrogen) atoms. The third-order valence-corrected chi connectivity index (χ3v) is 7.00. The first-order chi connectivity index (χ1) is 9.43. The number of thioether (sulfide) groups is 1. The molecular weight excluding hydrogens is 342 g/mol. The lowest BCUT2D eigenvalue weighted by Gasteiger charge is -2.31. The van der Waals surface area contributed by atoms with Crippen LogP contribution in [0.4, 0.5) is 0 Å². The van der Waals surface area contributed by atoms with Gasteiger partial charge in [-0.25, -0.2) is 4.79 Å². The van der Waals surface area contributed by atoms with Crippen molar-refractivity contribution in [2.45, 2.75) is 43.5 Å². The summed E-state index contributed by atoms with van der Waals surface area (Å²) in [5.41, 5.74) is -3.49. The van der Waals surface area contributed by atoms with Gasteiger partial charge in [-0.15, -0.1) is 0 Å². The fourth-order valence-electron chi connectivity index (χ4n) is 2.55. The summed E-state index contributed by atoms with van der Waals surface area (Å²) in [6.45, 7) is 1.43. The van der Waals surface area contributed by atoms with Gasteiger partial charge in [0, 0.05) is 12.2 Å². The third kappa shape index (κ3) is 5.69. The Morgan fingerprint density at radius 1 is 1.14 bits per heavy atom. The van der Waals surface area contributed by atoms with Crippen molar-refractivity contribution in [3.63, 3.8) is 0 Å². The van der Waals surface area contributed by atoms with Crippen molar-refractivity contribution in [1.82, 2.24) is 0 Å². The van der Waals surface area contributed by atoms with Gasteiger partial charge in [0.15, 0.2) is 10.8 Å². The molecule has 122 valence electrons. The molecule has 0 heterocycles. The molecule has 0 amide bonds. The molecule has 0 aliphatic heterocycles. The maximum absolute atomic E-state index is 11.7. The number of carbonyl (C=O) groups is 2. The lowest BCUT2D eigenvalue weighted by Crippen LogP contribution is -2.34. The monoisotopic (exact) mass is 361 g/mol. The molecule has 1 unspecified atom stereocenters. The molecule has 5 N–H and O–H groups in total. The highest BCUT2D eigenvalue weighted by Gasteiger charge is 2.57. The predicted molar refractivity (Wildman–Crippen MR) is 78.4 cm³/mol. The van der Waals surface area contributed by atoms with Crippen molar-refractivity contribution in [1.29, 1.82) is 0 Å². The van der Waals surface area contributed by atoms with E-state index in [1.807, 2.05) is 0 Å². The van der Waals surface area contributed by atoms with E-state index in [4.69, 9.17) is 14.7 Å². The van der Waals surface area contributed by atoms with Gasteiger partial charge in [0.2, 0.25) is 0 Å². The van der Waals surface area contributed by atoms with Crippen LogP contribution >= 0.6 is 27.3 Å². The van der Waals surface area contributed by atoms with E-state index in [1.165, 1.54) is 6.92 Å². The summed E-state index contributed by atoms with van der Waals surface area (Å²) in [5.74, 6) is -0.743. The van der Waals surface area contributed by atoms with Crippen LogP contribution in [0.25, 0.3) is 0 Å². The maximum Gasteiger partial charge on any atom is 0.479 e. The van der Waals surface area contributed by atoms with Crippen molar-refractivity contribution in [3.8, 4) is 0 Å². The average Bonchev–Trinajstić information content (AvgIpc) is 2.27. The Morgan fingerprint density at radius 3 is 1.95 bits per heavy atom. The standard InChI is InChI=1S/C10H18O8P2S/c1-6(11)21-8-4-2-7(3-5-8)9(19(13,14)15)10(12)20(16,17)18/h7-9,16-18H,2-5H2,1H3,(H-,13,14,15)/p+1. The van der Waals surface area contributed by atoms with Crippen molar-refractivity contribution >= 4 is 37.9 Å². The third-order valence-electron chi connectivity index (χ3n) is 3.41. The van der Waals surface area contributed by atoms with Crippen LogP contribution in [0.2, 0.25) is 0 Å². The Balaban J connectivity index is 2.82. The Hall–Kier alpha value is 0.150. The van der Waals surface area contributed by atoms with Crippen molar-refractivity contribution in [3.05, 3.63) is 0 Å². The van der Waals surface area contributed by atoms with Crippen LogP contribution in [-0.2, 0) is 14.2 Å². The van der Waals surface area contributed by atoms with Crippen LogP contribution < -0.4 is 0 Å². The fourth-order valence-corrected chi connectivity index (χ4v) is 6.15. The predicted octanol–water partition coefficient (Wildman–Crippen LogP) is 0.637. The van der Waals surface area contributed by atoms with Crippen molar-refractivity contribution in [2.75, 3.05) is 0 Å². The Bertz CT molecular complexity index is 448. The molecular formula is C10H19O8P2S+. The summed E-state index contributed by atoms with van der Waals surface area (Å²) in [4.78, 5) is 68.3. The van der Waals surface area contributed by atoms with Gasteiger partial charge in [-0.2, -0.15) is 14.7 Å². The quantitative estimate of drug-likeness (QED) is 0.444. The number of rotatable bonds is 5. The van der Waals surface area contributed by atoms with E-state index >= 15 is 0 Å². The van der Waals surface area contributed by atoms with Gasteiger partial charge in [-0.3, -0.25) is 9.36 Å². The van der Waals surface area contributed by atoms with Crippen LogP contribution in [0.15, 0.2) is 0 Å². The van der Waals surface area contributed by atoms with E-state index in [0.29, 0.717) is 12.8 Å². The molecule has 11 heteroatoms. The summed E-state index contributed by atoms with van der Waals surface area (Å²) in [6.07, 6.45) is 1.53. The van der Waals surface area contributed by atoms with Gasteiger partial charge in [0.1, 0.15) is 0 Å². The minimum Gasteiger partial charge on any atom is -0.324 e. The van der Waals surface area contributed by atoms with Gasteiger partial charge in [0.25, 0.3) is 0 Å². The zero-order valence-electron chi connectivity index (χ0n) is 11.3. The van der Waals surface area contributed by atoms with Crippen molar-refractivity contribution in [2.24, 2.45) is 5.92 Å². The Morgan fingerprint density at radius 2 is 1.62 bits per heavy atom. The molecule has 1 fully saturated rings. The summed E-state index contributed by atoms with van der Waals surface area (Å²) in [7, 11) is -9.87. The molecule has 0 bridgehead atoms. The maximum atomic E-state index is 11.7. The van der Waals surface area contributed by atoms with Gasteiger partial charge < -0.3 is 9.79 Å². The lowest BCUT2D eigenvalue weighted by molar-refractivity contribution is -0.115. The summed E-state index contributed by atoms with van der Waals surface area (Å²) >= 11 is 1.15. The largest absolute Gasteiger partial charge is 0.479 e. The summed E-state index contributed by atoms with van der Waals surface area (Å²) in [5, 5.41) is -0.0183. The topological polar surface area (TPSA) is 152 Å². The molecule has 1 atom stereocenters. The molecule has 1 aliphatic carbocycles. The van der Waals surface area contributed by atoms with E-state index in [9.17, 15) is 23.9 Å². The van der Waals surface area contributed by atoms with E-state index in [1.54, 1.807) is 0 Å². The van der Waals surface area contributed by atoms with E-state index < -0.39 is 32.6 Å². The van der Waals surface area contributed by atoms with Crippen LogP contribution in [0.3, 0.4) is 0 Å². The van der Waals surface area contributed by atoms with Crippen LogP contribution in [0, 0.1) is 5.92 Å². The highest BCUT2D eigenvalue weighted by atomic mass is 32.2. The Labute approximate surface area is 126 Å². The molecule has 0 radical (unpaired) electrons. The normalized spacial score (nSPS) is 25.4. The molecule has 0 saturated heterocycles. The molecule has 0 aromatic heterocycles. The number of hydrogen-bond donors (Lipinski definition) is 5. The van der Waals surface area contributed by atoms with Crippen LogP contribution in [0.1, 0.15) is 32.6 Å². The van der Waals surface area contributed by atoms with Crippen molar-refractivity contribution < 1.29 is 38.6 Å². The zero-order valence-corrected chi connectivity index (χ0v) is 13.9. The molecule has 0 aromatic carbocycles. The average molecular weight is 361 g/mol. The SMILES string of the molecule is CC(=O)SC1CCC(C(C(=O)[P+](O)(O)O)P(=O)(O)O)CC1. The van der Waals surface area contributed by atoms with E-state index in [-0.39, 0.29) is 23.2 Å². The molecule has 0 aromatic rings. The molecule has 1 saturated carbocycles. The molecule has 0 spiro atoms. The number of hydrogen-bond acceptors (Lipinski definition) is 7. The highest BCUT2D eigenvalue weighted by molar-refractivity contribution is 8.14. The molecule has 1 aliphatic rings. The minimum absolute atomic E-state index is 0.0307. The second-order valence-electron chi connectivity index (χ2n) is 5.09. The molecule has 8 nitrogen and oxygen atoms in total. The first kappa shape index (κ1) is 19.2. The highest BCUT2D eigenvalue weighted by Crippen LogP contribution is 2.58. The fraction of sp³-hybridized carbons (Fsp3) is 0.800. The molecule has 1 rings (SSSR count). The van der Waals surface area contributed by atoms with Crippen LogP contribution in [0.5, 0.6) is 0 Å². The van der Waals surface area contributed by atoms with E-state index in [2.05, 4.69) is 0 Å².